The van der Waals surface area contributed by atoms with Crippen LogP contribution in [0, 0.1) is 11.8 Å². The summed E-state index contributed by atoms with van der Waals surface area (Å²) in [6.07, 6.45) is 6.91. The van der Waals surface area contributed by atoms with Crippen molar-refractivity contribution in [3.63, 3.8) is 0 Å². The van der Waals surface area contributed by atoms with Gasteiger partial charge in [0.2, 0.25) is 0 Å². The van der Waals surface area contributed by atoms with Crippen LogP contribution in [0.5, 0.6) is 5.75 Å². The maximum Gasteiger partial charge on any atom is 0.339 e. The minimum atomic E-state index is -0.925. The number of hydrogen-bond donors (Lipinski definition) is 1. The van der Waals surface area contributed by atoms with Crippen LogP contribution in [-0.4, -0.2) is 60.2 Å². The Morgan fingerprint density at radius 2 is 2.04 bits per heavy atom. The number of benzene rings is 1. The fourth-order valence-corrected chi connectivity index (χ4v) is 4.91. The van der Waals surface area contributed by atoms with E-state index in [1.165, 1.54) is 52.3 Å². The summed E-state index contributed by atoms with van der Waals surface area (Å²) in [6, 6.07) is 6.24. The molecular weight excluding hydrogens is 328 g/mol. The largest absolute Gasteiger partial charge is 0.496 e. The van der Waals surface area contributed by atoms with E-state index in [4.69, 9.17) is 4.74 Å². The predicted molar refractivity (Wildman–Crippen MR) is 101 cm³/mol. The van der Waals surface area contributed by atoms with Gasteiger partial charge < -0.3 is 9.84 Å². The van der Waals surface area contributed by atoms with Crippen LogP contribution in [-0.2, 0) is 6.54 Å². The molecule has 4 aliphatic rings. The van der Waals surface area contributed by atoms with Gasteiger partial charge in [0, 0.05) is 38.8 Å². The van der Waals surface area contributed by atoms with Gasteiger partial charge in [-0.1, -0.05) is 12.5 Å². The summed E-state index contributed by atoms with van der Waals surface area (Å²) < 4.78 is 5.18. The molecule has 0 unspecified atom stereocenters. The Labute approximate surface area is 155 Å². The molecule has 5 heteroatoms. The third-order valence-electron chi connectivity index (χ3n) is 6.52. The van der Waals surface area contributed by atoms with Gasteiger partial charge in [0.15, 0.2) is 0 Å². The molecule has 2 atom stereocenters. The van der Waals surface area contributed by atoms with Gasteiger partial charge in [-0.2, -0.15) is 0 Å². The van der Waals surface area contributed by atoms with E-state index in [9.17, 15) is 9.90 Å². The second-order valence-corrected chi connectivity index (χ2v) is 8.38. The summed E-state index contributed by atoms with van der Waals surface area (Å²) in [6.45, 7) is 5.61. The van der Waals surface area contributed by atoms with Crippen LogP contribution >= 0.6 is 0 Å². The normalized spacial score (nSPS) is 27.1. The number of ether oxygens (including phenoxy) is 1. The second kappa shape index (κ2) is 7.57. The fraction of sp³-hybridized carbons (Fsp3) is 0.667. The molecule has 142 valence electrons. The van der Waals surface area contributed by atoms with Gasteiger partial charge in [0.1, 0.15) is 11.3 Å². The first-order chi connectivity index (χ1) is 12.6. The molecule has 3 heterocycles. The molecular formula is C21H30N2O3. The van der Waals surface area contributed by atoms with E-state index in [2.05, 4.69) is 9.80 Å². The second-order valence-electron chi connectivity index (χ2n) is 8.38. The number of nitrogens with zero attached hydrogens (tertiary/aromatic N) is 2. The van der Waals surface area contributed by atoms with Gasteiger partial charge >= 0.3 is 5.97 Å². The van der Waals surface area contributed by atoms with Crippen LogP contribution < -0.4 is 4.74 Å². The van der Waals surface area contributed by atoms with Crippen LogP contribution in [0.1, 0.15) is 48.0 Å². The number of carboxylic acids is 1. The average molecular weight is 358 g/mol. The van der Waals surface area contributed by atoms with Crippen LogP contribution in [0.25, 0.3) is 0 Å². The summed E-state index contributed by atoms with van der Waals surface area (Å²) in [7, 11) is 1.52. The number of piperidine rings is 1. The topological polar surface area (TPSA) is 53.0 Å². The fourth-order valence-electron chi connectivity index (χ4n) is 4.91. The smallest absolute Gasteiger partial charge is 0.339 e. The van der Waals surface area contributed by atoms with E-state index in [0.717, 1.165) is 37.0 Å². The van der Waals surface area contributed by atoms with Crippen molar-refractivity contribution in [3.05, 3.63) is 29.3 Å². The first kappa shape index (κ1) is 17.8. The lowest BCUT2D eigenvalue weighted by Crippen LogP contribution is -2.46. The quantitative estimate of drug-likeness (QED) is 0.847. The number of carbonyl (C=O) groups is 1. The summed E-state index contributed by atoms with van der Waals surface area (Å²) in [5.41, 5.74) is 1.32. The average Bonchev–Trinajstić information content (AvgIpc) is 2.88. The third-order valence-corrected chi connectivity index (χ3v) is 6.52. The molecule has 0 aromatic heterocycles. The highest BCUT2D eigenvalue weighted by Crippen LogP contribution is 2.33. The molecule has 3 aliphatic heterocycles. The van der Waals surface area contributed by atoms with E-state index in [-0.39, 0.29) is 5.56 Å². The number of aromatic carboxylic acids is 1. The molecule has 4 fully saturated rings. The van der Waals surface area contributed by atoms with Gasteiger partial charge in [0.25, 0.3) is 0 Å². The minimum absolute atomic E-state index is 0.259. The highest BCUT2D eigenvalue weighted by Gasteiger charge is 2.36. The summed E-state index contributed by atoms with van der Waals surface area (Å²) in [5, 5.41) is 9.41. The first-order valence-electron chi connectivity index (χ1n) is 9.99. The highest BCUT2D eigenvalue weighted by atomic mass is 16.5. The molecule has 1 aliphatic carbocycles. The van der Waals surface area contributed by atoms with Gasteiger partial charge in [-0.25, -0.2) is 4.79 Å². The summed E-state index contributed by atoms with van der Waals surface area (Å²) in [5.74, 6) is 1.20. The molecule has 3 saturated heterocycles. The zero-order chi connectivity index (χ0) is 18.1. The Kier molecular flexibility index (Phi) is 5.18. The molecule has 0 radical (unpaired) electrons. The zero-order valence-corrected chi connectivity index (χ0v) is 15.7. The molecule has 5 rings (SSSR count). The lowest BCUT2D eigenvalue weighted by Gasteiger charge is -2.40. The molecule has 0 spiro atoms. The summed E-state index contributed by atoms with van der Waals surface area (Å²) in [4.78, 5) is 16.8. The molecule has 1 aromatic carbocycles. The van der Waals surface area contributed by atoms with Gasteiger partial charge in [0.05, 0.1) is 7.11 Å². The highest BCUT2D eigenvalue weighted by molar-refractivity contribution is 5.91. The van der Waals surface area contributed by atoms with Gasteiger partial charge in [-0.15, -0.1) is 0 Å². The van der Waals surface area contributed by atoms with E-state index in [1.807, 2.05) is 6.07 Å². The predicted octanol–water partition coefficient (Wildman–Crippen LogP) is 3.09. The number of methoxy groups -OCH3 is 1. The van der Waals surface area contributed by atoms with Crippen molar-refractivity contribution < 1.29 is 14.6 Å². The lowest BCUT2D eigenvalue weighted by molar-refractivity contribution is 0.0693. The Morgan fingerprint density at radius 3 is 2.73 bits per heavy atom. The van der Waals surface area contributed by atoms with E-state index >= 15 is 0 Å². The monoisotopic (exact) mass is 358 g/mol. The maximum atomic E-state index is 11.5. The van der Waals surface area contributed by atoms with Crippen molar-refractivity contribution in [3.8, 4) is 5.75 Å². The summed E-state index contributed by atoms with van der Waals surface area (Å²) >= 11 is 0. The maximum absolute atomic E-state index is 11.5. The van der Waals surface area contributed by atoms with E-state index < -0.39 is 5.97 Å². The zero-order valence-electron chi connectivity index (χ0n) is 15.7. The van der Waals surface area contributed by atoms with Crippen molar-refractivity contribution in [2.75, 3.05) is 33.3 Å². The lowest BCUT2D eigenvalue weighted by atomic mass is 9.83. The van der Waals surface area contributed by atoms with Crippen LogP contribution in [0.15, 0.2) is 18.2 Å². The number of carboxylic acid groups (broad SMARTS) is 1. The molecule has 5 nitrogen and oxygen atoms in total. The third kappa shape index (κ3) is 3.74. The van der Waals surface area contributed by atoms with Crippen molar-refractivity contribution in [2.45, 2.75) is 44.7 Å². The Morgan fingerprint density at radius 1 is 1.19 bits per heavy atom. The van der Waals surface area contributed by atoms with Crippen molar-refractivity contribution in [1.29, 1.82) is 0 Å². The Bertz CT molecular complexity index is 659. The standard InChI is InChI=1S/C21H30N2O3/c1-26-20-8-6-16(9-19(20)21(24)25)10-22-11-17-5-7-18(14-22)23(13-17)12-15-3-2-4-15/h6,8-9,15,17-18H,2-5,7,10-14H2,1H3,(H,24,25)/t17-,18+/m1/s1. The number of fused-ring (bicyclic) bond motifs is 4. The molecule has 26 heavy (non-hydrogen) atoms. The Balaban J connectivity index is 1.44. The number of rotatable bonds is 6. The molecule has 2 bridgehead atoms. The Hall–Kier alpha value is -1.59. The first-order valence-corrected chi connectivity index (χ1v) is 9.99. The van der Waals surface area contributed by atoms with Crippen LogP contribution in [0.4, 0.5) is 0 Å². The van der Waals surface area contributed by atoms with Crippen LogP contribution in [0.2, 0.25) is 0 Å². The van der Waals surface area contributed by atoms with Crippen molar-refractivity contribution >= 4 is 5.97 Å². The van der Waals surface area contributed by atoms with Crippen LogP contribution in [0.3, 0.4) is 0 Å². The van der Waals surface area contributed by atoms with E-state index in [1.54, 1.807) is 12.1 Å². The molecule has 0 amide bonds. The number of hydrogen-bond acceptors (Lipinski definition) is 4. The van der Waals surface area contributed by atoms with E-state index in [0.29, 0.717) is 11.8 Å². The van der Waals surface area contributed by atoms with Gasteiger partial charge in [-0.3, -0.25) is 9.80 Å². The van der Waals surface area contributed by atoms with Gasteiger partial charge in [-0.05, 0) is 55.2 Å². The SMILES string of the molecule is COc1ccc(CN2C[C@H]3CC[C@@H](C2)N(CC2CCC2)C3)cc1C(=O)O. The minimum Gasteiger partial charge on any atom is -0.496 e. The molecule has 1 saturated carbocycles. The molecule has 1 N–H and O–H groups in total. The van der Waals surface area contributed by atoms with Crippen molar-refractivity contribution in [1.82, 2.24) is 9.80 Å². The molecule has 1 aromatic rings. The van der Waals surface area contributed by atoms with Crippen molar-refractivity contribution in [2.24, 2.45) is 11.8 Å².